The Hall–Kier alpha value is -1.59. The lowest BCUT2D eigenvalue weighted by Crippen LogP contribution is -2.42. The lowest BCUT2D eigenvalue weighted by atomic mass is 10.1. The van der Waals surface area contributed by atoms with Gasteiger partial charge in [-0.3, -0.25) is 0 Å². The molecule has 0 saturated heterocycles. The Kier molecular flexibility index (Phi) is 3.31. The summed E-state index contributed by atoms with van der Waals surface area (Å²) in [7, 11) is 0. The molecular formula is C11H11ClN2O3. The van der Waals surface area contributed by atoms with Gasteiger partial charge in [-0.1, -0.05) is 11.6 Å². The average Bonchev–Trinajstić information content (AvgIpc) is 2.31. The molecule has 2 heterocycles. The molecule has 0 spiro atoms. The first-order chi connectivity index (χ1) is 8.15. The SMILES string of the molecule is CCOC(=O)C1=CN=C2C(Cl)=CC=CN2[C@@H]1O. The van der Waals surface area contributed by atoms with Gasteiger partial charge in [0.2, 0.25) is 0 Å². The third kappa shape index (κ3) is 2.11. The maximum Gasteiger partial charge on any atom is 0.340 e. The minimum atomic E-state index is -1.12. The van der Waals surface area contributed by atoms with Crippen LogP contribution in [0.25, 0.3) is 0 Å². The summed E-state index contributed by atoms with van der Waals surface area (Å²) < 4.78 is 4.82. The van der Waals surface area contributed by atoms with Crippen molar-refractivity contribution < 1.29 is 14.6 Å². The first kappa shape index (κ1) is 11.9. The van der Waals surface area contributed by atoms with E-state index in [1.807, 2.05) is 0 Å². The van der Waals surface area contributed by atoms with Gasteiger partial charge < -0.3 is 14.7 Å². The van der Waals surface area contributed by atoms with Crippen molar-refractivity contribution in [1.82, 2.24) is 4.90 Å². The van der Waals surface area contributed by atoms with E-state index in [0.717, 1.165) is 0 Å². The number of amidine groups is 1. The van der Waals surface area contributed by atoms with Gasteiger partial charge in [0.1, 0.15) is 5.57 Å². The molecule has 2 rings (SSSR count). The number of esters is 1. The van der Waals surface area contributed by atoms with E-state index in [-0.39, 0.29) is 12.2 Å². The van der Waals surface area contributed by atoms with E-state index in [1.165, 1.54) is 11.1 Å². The molecule has 0 bridgehead atoms. The summed E-state index contributed by atoms with van der Waals surface area (Å²) in [5.41, 5.74) is 0.0895. The molecule has 0 saturated carbocycles. The van der Waals surface area contributed by atoms with E-state index < -0.39 is 12.2 Å². The highest BCUT2D eigenvalue weighted by atomic mass is 35.5. The van der Waals surface area contributed by atoms with Crippen LogP contribution in [0.4, 0.5) is 0 Å². The van der Waals surface area contributed by atoms with Crippen molar-refractivity contribution in [2.45, 2.75) is 13.2 Å². The molecule has 17 heavy (non-hydrogen) atoms. The van der Waals surface area contributed by atoms with Crippen LogP contribution in [0.2, 0.25) is 0 Å². The number of ether oxygens (including phenoxy) is 1. The van der Waals surface area contributed by atoms with Crippen molar-refractivity contribution in [2.75, 3.05) is 6.61 Å². The van der Waals surface area contributed by atoms with Crippen LogP contribution >= 0.6 is 11.6 Å². The zero-order valence-electron chi connectivity index (χ0n) is 9.13. The Balaban J connectivity index is 2.31. The lowest BCUT2D eigenvalue weighted by Gasteiger charge is -2.32. The second-order valence-corrected chi connectivity index (χ2v) is 3.80. The number of aliphatic hydroxyl groups is 1. The Morgan fingerprint density at radius 3 is 3.18 bits per heavy atom. The number of hydrogen-bond donors (Lipinski definition) is 1. The van der Waals surface area contributed by atoms with Gasteiger partial charge in [0.05, 0.1) is 11.6 Å². The molecule has 1 N–H and O–H groups in total. The Bertz CT molecular complexity index is 465. The number of allylic oxidation sites excluding steroid dienone is 2. The number of fused-ring (bicyclic) bond motifs is 1. The maximum atomic E-state index is 11.5. The van der Waals surface area contributed by atoms with E-state index in [9.17, 15) is 9.90 Å². The summed E-state index contributed by atoms with van der Waals surface area (Å²) in [6.07, 6.45) is 5.08. The molecule has 0 aromatic rings. The number of nitrogens with zero attached hydrogens (tertiary/aromatic N) is 2. The van der Waals surface area contributed by atoms with Crippen LogP contribution in [0, 0.1) is 0 Å². The molecular weight excluding hydrogens is 244 g/mol. The first-order valence-electron chi connectivity index (χ1n) is 5.11. The molecule has 0 fully saturated rings. The summed E-state index contributed by atoms with van der Waals surface area (Å²) in [4.78, 5) is 17.0. The fraction of sp³-hybridized carbons (Fsp3) is 0.273. The first-order valence-corrected chi connectivity index (χ1v) is 5.48. The Morgan fingerprint density at radius 2 is 2.47 bits per heavy atom. The number of halogens is 1. The van der Waals surface area contributed by atoms with E-state index >= 15 is 0 Å². The van der Waals surface area contributed by atoms with Gasteiger partial charge in [0.25, 0.3) is 0 Å². The van der Waals surface area contributed by atoms with Crippen molar-refractivity contribution in [2.24, 2.45) is 4.99 Å². The quantitative estimate of drug-likeness (QED) is 0.750. The average molecular weight is 255 g/mol. The fourth-order valence-corrected chi connectivity index (χ4v) is 1.75. The largest absolute Gasteiger partial charge is 0.462 e. The number of carbonyl (C=O) groups is 1. The van der Waals surface area contributed by atoms with Crippen LogP contribution in [-0.2, 0) is 9.53 Å². The topological polar surface area (TPSA) is 62.1 Å². The zero-order valence-corrected chi connectivity index (χ0v) is 9.89. The number of hydrogen-bond acceptors (Lipinski definition) is 5. The monoisotopic (exact) mass is 254 g/mol. The molecule has 0 unspecified atom stereocenters. The van der Waals surface area contributed by atoms with E-state index in [1.54, 1.807) is 25.3 Å². The van der Waals surface area contributed by atoms with Crippen LogP contribution in [0.1, 0.15) is 6.92 Å². The zero-order chi connectivity index (χ0) is 12.4. The van der Waals surface area contributed by atoms with Crippen molar-refractivity contribution >= 4 is 23.4 Å². The van der Waals surface area contributed by atoms with Crippen LogP contribution in [0.5, 0.6) is 0 Å². The fourth-order valence-electron chi connectivity index (χ4n) is 1.53. The molecule has 5 nitrogen and oxygen atoms in total. The molecule has 0 radical (unpaired) electrons. The van der Waals surface area contributed by atoms with Crippen molar-refractivity contribution in [1.29, 1.82) is 0 Å². The lowest BCUT2D eigenvalue weighted by molar-refractivity contribution is -0.140. The van der Waals surface area contributed by atoms with Gasteiger partial charge in [0.15, 0.2) is 12.1 Å². The van der Waals surface area contributed by atoms with Gasteiger partial charge >= 0.3 is 5.97 Å². The van der Waals surface area contributed by atoms with Crippen LogP contribution in [0.3, 0.4) is 0 Å². The van der Waals surface area contributed by atoms with Crippen LogP contribution < -0.4 is 0 Å². The number of aliphatic hydroxyl groups excluding tert-OH is 1. The standard InChI is InChI=1S/C11H11ClN2O3/c1-2-17-11(16)7-6-13-9-8(12)4-3-5-14(9)10(7)15/h3-6,10,15H,2H2,1H3/t10-/m1/s1. The maximum absolute atomic E-state index is 11.5. The third-order valence-electron chi connectivity index (χ3n) is 2.33. The van der Waals surface area contributed by atoms with Crippen molar-refractivity contribution in [3.8, 4) is 0 Å². The number of aliphatic imine (C=N–C) groups is 1. The third-order valence-corrected chi connectivity index (χ3v) is 2.62. The van der Waals surface area contributed by atoms with Crippen LogP contribution in [0.15, 0.2) is 40.1 Å². The predicted octanol–water partition coefficient (Wildman–Crippen LogP) is 1.12. The van der Waals surface area contributed by atoms with E-state index in [4.69, 9.17) is 16.3 Å². The van der Waals surface area contributed by atoms with Gasteiger partial charge in [-0.15, -0.1) is 0 Å². The number of rotatable bonds is 2. The Morgan fingerprint density at radius 1 is 1.71 bits per heavy atom. The van der Waals surface area contributed by atoms with E-state index in [2.05, 4.69) is 4.99 Å². The highest BCUT2D eigenvalue weighted by Gasteiger charge is 2.32. The second-order valence-electron chi connectivity index (χ2n) is 3.39. The normalized spacial score (nSPS) is 22.4. The molecule has 90 valence electrons. The van der Waals surface area contributed by atoms with Gasteiger partial charge in [-0.05, 0) is 19.1 Å². The summed E-state index contributed by atoms with van der Waals surface area (Å²) in [5.74, 6) is -0.170. The molecule has 0 aliphatic carbocycles. The molecule has 2 aliphatic rings. The summed E-state index contributed by atoms with van der Waals surface area (Å²) in [6.45, 7) is 1.94. The molecule has 0 aromatic heterocycles. The molecule has 1 atom stereocenters. The molecule has 2 aliphatic heterocycles. The van der Waals surface area contributed by atoms with Gasteiger partial charge in [-0.2, -0.15) is 0 Å². The van der Waals surface area contributed by atoms with Gasteiger partial charge in [0, 0.05) is 12.4 Å². The van der Waals surface area contributed by atoms with E-state index in [0.29, 0.717) is 10.9 Å². The van der Waals surface area contributed by atoms with Gasteiger partial charge in [-0.25, -0.2) is 9.79 Å². The Labute approximate surface area is 103 Å². The second kappa shape index (κ2) is 4.73. The van der Waals surface area contributed by atoms with Crippen molar-refractivity contribution in [3.63, 3.8) is 0 Å². The summed E-state index contributed by atoms with van der Waals surface area (Å²) in [5, 5.41) is 10.4. The summed E-state index contributed by atoms with van der Waals surface area (Å²) >= 11 is 5.92. The minimum Gasteiger partial charge on any atom is -0.462 e. The van der Waals surface area contributed by atoms with Crippen molar-refractivity contribution in [3.05, 3.63) is 35.2 Å². The minimum absolute atomic E-state index is 0.0895. The molecule has 0 aromatic carbocycles. The smallest absolute Gasteiger partial charge is 0.340 e. The highest BCUT2D eigenvalue weighted by Crippen LogP contribution is 2.24. The predicted molar refractivity (Wildman–Crippen MR) is 63.1 cm³/mol. The summed E-state index contributed by atoms with van der Waals surface area (Å²) in [6, 6.07) is 0. The molecule has 0 amide bonds. The molecule has 6 heteroatoms. The highest BCUT2D eigenvalue weighted by molar-refractivity contribution is 6.43. The van der Waals surface area contributed by atoms with Crippen LogP contribution in [-0.4, -0.2) is 34.6 Å². The number of carbonyl (C=O) groups excluding carboxylic acids is 1.